The number of imide groups is 1. The monoisotopic (exact) mass is 513 g/mol. The number of ether oxygens (including phenoxy) is 1. The summed E-state index contributed by atoms with van der Waals surface area (Å²) in [6.07, 6.45) is 2.01. The molecule has 168 valence electrons. The van der Waals surface area contributed by atoms with Crippen molar-refractivity contribution in [3.8, 4) is 5.75 Å². The van der Waals surface area contributed by atoms with Gasteiger partial charge in [0.1, 0.15) is 5.75 Å². The number of hydrogen-bond acceptors (Lipinski definition) is 4. The van der Waals surface area contributed by atoms with E-state index in [0.29, 0.717) is 11.4 Å². The molecule has 34 heavy (non-hydrogen) atoms. The van der Waals surface area contributed by atoms with Gasteiger partial charge in [0, 0.05) is 16.0 Å². The summed E-state index contributed by atoms with van der Waals surface area (Å²) in [6.45, 7) is 1.94. The molecule has 5 nitrogen and oxygen atoms in total. The maximum atomic E-state index is 13.8. The molecule has 0 radical (unpaired) electrons. The minimum Gasteiger partial charge on any atom is -0.425 e. The van der Waals surface area contributed by atoms with E-state index in [-0.39, 0.29) is 17.7 Å². The van der Waals surface area contributed by atoms with Crippen LogP contribution in [-0.4, -0.2) is 17.8 Å². The van der Waals surface area contributed by atoms with Crippen LogP contribution in [0.15, 0.2) is 83.3 Å². The minimum absolute atomic E-state index is 0.288. The van der Waals surface area contributed by atoms with Crippen LogP contribution in [0, 0.1) is 24.7 Å². The Morgan fingerprint density at radius 1 is 0.853 bits per heavy atom. The second-order valence-corrected chi connectivity index (χ2v) is 9.91. The smallest absolute Gasteiger partial charge is 0.319 e. The highest BCUT2D eigenvalue weighted by molar-refractivity contribution is 9.10. The third-order valence-corrected chi connectivity index (χ3v) is 7.55. The molecule has 3 aromatic carbocycles. The molecule has 1 fully saturated rings. The minimum atomic E-state index is -0.830. The Balaban J connectivity index is 1.55. The second kappa shape index (κ2) is 7.77. The number of aryl methyl sites for hydroxylation is 1. The maximum absolute atomic E-state index is 13.8. The fourth-order valence-corrected chi connectivity index (χ4v) is 5.78. The van der Waals surface area contributed by atoms with Crippen molar-refractivity contribution in [2.24, 2.45) is 17.8 Å². The molecule has 3 aromatic rings. The fraction of sp³-hybridized carbons (Fsp3) is 0.179. The molecular weight excluding hydrogens is 494 g/mol. The number of benzene rings is 3. The molecule has 6 rings (SSSR count). The quantitative estimate of drug-likeness (QED) is 0.265. The lowest BCUT2D eigenvalue weighted by Crippen LogP contribution is -2.42. The zero-order chi connectivity index (χ0) is 23.6. The van der Waals surface area contributed by atoms with Gasteiger partial charge in [-0.2, -0.15) is 0 Å². The van der Waals surface area contributed by atoms with Crippen molar-refractivity contribution in [2.45, 2.75) is 12.8 Å². The lowest BCUT2D eigenvalue weighted by molar-refractivity contribution is -0.142. The predicted molar refractivity (Wildman–Crippen MR) is 131 cm³/mol. The highest BCUT2D eigenvalue weighted by Gasteiger charge is 2.60. The van der Waals surface area contributed by atoms with E-state index in [1.807, 2.05) is 61.5 Å². The molecule has 2 heterocycles. The van der Waals surface area contributed by atoms with Crippen LogP contribution in [0.25, 0.3) is 5.57 Å². The van der Waals surface area contributed by atoms with Crippen molar-refractivity contribution < 1.29 is 19.1 Å². The number of nitrogens with zero attached hydrogens (tertiary/aromatic N) is 1. The van der Waals surface area contributed by atoms with Gasteiger partial charge < -0.3 is 4.74 Å². The first-order chi connectivity index (χ1) is 16.4. The van der Waals surface area contributed by atoms with Crippen LogP contribution >= 0.6 is 15.9 Å². The molecule has 6 heteroatoms. The summed E-state index contributed by atoms with van der Waals surface area (Å²) < 4.78 is 6.55. The lowest BCUT2D eigenvalue weighted by atomic mass is 9.64. The van der Waals surface area contributed by atoms with Gasteiger partial charge in [0.05, 0.1) is 23.4 Å². The van der Waals surface area contributed by atoms with Gasteiger partial charge in [0.25, 0.3) is 0 Å². The third-order valence-electron chi connectivity index (χ3n) is 7.02. The van der Waals surface area contributed by atoms with Gasteiger partial charge in [-0.25, -0.2) is 4.90 Å². The van der Waals surface area contributed by atoms with Crippen LogP contribution in [0.2, 0.25) is 0 Å². The summed E-state index contributed by atoms with van der Waals surface area (Å²) >= 11 is 3.40. The molecule has 0 spiro atoms. The number of fused-ring (bicyclic) bond motifs is 5. The summed E-state index contributed by atoms with van der Waals surface area (Å²) in [6, 6.07) is 22.5. The first-order valence-electron chi connectivity index (χ1n) is 11.2. The van der Waals surface area contributed by atoms with Gasteiger partial charge >= 0.3 is 5.97 Å². The molecule has 2 aliphatic heterocycles. The number of allylic oxidation sites excluding steroid dienone is 1. The molecule has 0 bridgehead atoms. The van der Waals surface area contributed by atoms with Crippen molar-refractivity contribution in [2.75, 3.05) is 4.90 Å². The summed E-state index contributed by atoms with van der Waals surface area (Å²) in [4.78, 5) is 42.2. The Morgan fingerprint density at radius 3 is 2.29 bits per heavy atom. The Kier molecular flexibility index (Phi) is 4.81. The molecule has 2 amide bonds. The van der Waals surface area contributed by atoms with E-state index in [4.69, 9.17) is 4.74 Å². The van der Waals surface area contributed by atoms with E-state index in [1.54, 1.807) is 24.3 Å². The van der Waals surface area contributed by atoms with Gasteiger partial charge in [-0.15, -0.1) is 0 Å². The molecule has 0 aromatic heterocycles. The molecule has 3 aliphatic rings. The van der Waals surface area contributed by atoms with Crippen LogP contribution in [0.3, 0.4) is 0 Å². The number of rotatable bonds is 2. The van der Waals surface area contributed by atoms with E-state index >= 15 is 0 Å². The largest absolute Gasteiger partial charge is 0.425 e. The average molecular weight is 514 g/mol. The summed E-state index contributed by atoms with van der Waals surface area (Å²) in [5, 5.41) is 0. The maximum Gasteiger partial charge on any atom is 0.319 e. The van der Waals surface area contributed by atoms with E-state index in [1.165, 1.54) is 4.90 Å². The van der Waals surface area contributed by atoms with Gasteiger partial charge in [-0.1, -0.05) is 64.5 Å². The first-order valence-corrected chi connectivity index (χ1v) is 12.0. The van der Waals surface area contributed by atoms with Crippen LogP contribution in [0.4, 0.5) is 5.69 Å². The zero-order valence-corrected chi connectivity index (χ0v) is 19.9. The van der Waals surface area contributed by atoms with Crippen LogP contribution < -0.4 is 9.64 Å². The molecule has 0 unspecified atom stereocenters. The second-order valence-electron chi connectivity index (χ2n) is 9.00. The third kappa shape index (κ3) is 3.09. The van der Waals surface area contributed by atoms with Crippen molar-refractivity contribution >= 4 is 45.0 Å². The SMILES string of the molecule is Cc1ccc2c(c1)OC(=O)[C@@H]1C2=C[C@H](c2ccccc2)[C@@H]2C(=O)N(c3ccc(Br)cc3)C(=O)[C@H]12. The molecule has 1 saturated heterocycles. The van der Waals surface area contributed by atoms with Crippen molar-refractivity contribution in [1.29, 1.82) is 0 Å². The van der Waals surface area contributed by atoms with Crippen molar-refractivity contribution in [1.82, 2.24) is 0 Å². The number of anilines is 1. The van der Waals surface area contributed by atoms with E-state index in [9.17, 15) is 14.4 Å². The number of carbonyl (C=O) groups excluding carboxylic acids is 3. The Morgan fingerprint density at radius 2 is 1.56 bits per heavy atom. The Labute approximate surface area is 205 Å². The number of carbonyl (C=O) groups is 3. The molecular formula is C28H20BrNO4. The fourth-order valence-electron chi connectivity index (χ4n) is 5.51. The summed E-state index contributed by atoms with van der Waals surface area (Å²) in [5.74, 6) is -3.31. The normalized spacial score (nSPS) is 25.3. The van der Waals surface area contributed by atoms with E-state index < -0.39 is 23.7 Å². The van der Waals surface area contributed by atoms with E-state index in [0.717, 1.165) is 26.7 Å². The number of halogens is 1. The predicted octanol–water partition coefficient (Wildman–Crippen LogP) is 5.28. The highest BCUT2D eigenvalue weighted by atomic mass is 79.9. The van der Waals surface area contributed by atoms with Crippen molar-refractivity contribution in [3.05, 3.63) is 100 Å². The van der Waals surface area contributed by atoms with Gasteiger partial charge in [0.15, 0.2) is 0 Å². The van der Waals surface area contributed by atoms with Gasteiger partial charge in [0.2, 0.25) is 11.8 Å². The highest BCUT2D eigenvalue weighted by Crippen LogP contribution is 2.54. The average Bonchev–Trinajstić information content (AvgIpc) is 3.10. The molecule has 4 atom stereocenters. The first kappa shape index (κ1) is 21.1. The summed E-state index contributed by atoms with van der Waals surface area (Å²) in [5.41, 5.74) is 3.99. The number of hydrogen-bond donors (Lipinski definition) is 0. The standard InChI is InChI=1S/C28H20BrNO4/c1-15-7-12-19-21-14-20(16-5-3-2-4-6-16)23-25(24(21)28(33)34-22(19)13-15)27(32)30(26(23)31)18-10-8-17(29)9-11-18/h2-14,20,23-25H,1H3/t20-,23+,24-,25+/m1/s1. The zero-order valence-electron chi connectivity index (χ0n) is 18.3. The summed E-state index contributed by atoms with van der Waals surface area (Å²) in [7, 11) is 0. The van der Waals surface area contributed by atoms with Gasteiger partial charge in [-0.05, 0) is 54.0 Å². The van der Waals surface area contributed by atoms with Crippen molar-refractivity contribution in [3.63, 3.8) is 0 Å². The van der Waals surface area contributed by atoms with Gasteiger partial charge in [-0.3, -0.25) is 14.4 Å². The molecule has 1 aliphatic carbocycles. The number of amides is 2. The van der Waals surface area contributed by atoms with Crippen LogP contribution in [0.5, 0.6) is 5.75 Å². The molecule has 0 N–H and O–H groups in total. The number of esters is 1. The van der Waals surface area contributed by atoms with Crippen LogP contribution in [-0.2, 0) is 14.4 Å². The Bertz CT molecular complexity index is 1380. The topological polar surface area (TPSA) is 63.7 Å². The molecule has 0 saturated carbocycles. The van der Waals surface area contributed by atoms with Crippen LogP contribution in [0.1, 0.15) is 22.6 Å². The van der Waals surface area contributed by atoms with E-state index in [2.05, 4.69) is 15.9 Å². The Hall–Kier alpha value is -3.51. The lowest BCUT2D eigenvalue weighted by Gasteiger charge is -2.38.